The number of aliphatic hydroxyl groups excluding tert-OH is 1. The molecule has 60 valence electrons. The summed E-state index contributed by atoms with van der Waals surface area (Å²) < 4.78 is 0.258. The smallest absolute Gasteiger partial charge is 0.0578 e. The van der Waals surface area contributed by atoms with Gasteiger partial charge in [-0.25, -0.2) is 0 Å². The highest BCUT2D eigenvalue weighted by Crippen LogP contribution is 2.45. The molecule has 1 aliphatic carbocycles. The zero-order valence-corrected chi connectivity index (χ0v) is 7.58. The lowest BCUT2D eigenvalue weighted by atomic mass is 9.85. The summed E-state index contributed by atoms with van der Waals surface area (Å²) in [5.74, 6) is 0. The van der Waals surface area contributed by atoms with Crippen molar-refractivity contribution in [3.63, 3.8) is 0 Å². The SMILES string of the molecule is CC(C)SC1(CO)CCC1. The number of hydrogen-bond acceptors (Lipinski definition) is 2. The van der Waals surface area contributed by atoms with Gasteiger partial charge in [-0.15, -0.1) is 11.8 Å². The van der Waals surface area contributed by atoms with Crippen molar-refractivity contribution < 1.29 is 5.11 Å². The van der Waals surface area contributed by atoms with Gasteiger partial charge in [-0.1, -0.05) is 20.3 Å². The molecule has 1 nitrogen and oxygen atoms in total. The first kappa shape index (κ1) is 8.41. The van der Waals surface area contributed by atoms with Gasteiger partial charge in [0.15, 0.2) is 0 Å². The van der Waals surface area contributed by atoms with Gasteiger partial charge in [0.25, 0.3) is 0 Å². The van der Waals surface area contributed by atoms with Crippen LogP contribution in [0.15, 0.2) is 0 Å². The predicted molar refractivity (Wildman–Crippen MR) is 46.4 cm³/mol. The van der Waals surface area contributed by atoms with Crippen LogP contribution in [0.25, 0.3) is 0 Å². The van der Waals surface area contributed by atoms with Crippen LogP contribution < -0.4 is 0 Å². The Morgan fingerprint density at radius 1 is 1.50 bits per heavy atom. The summed E-state index contributed by atoms with van der Waals surface area (Å²) in [7, 11) is 0. The molecule has 0 radical (unpaired) electrons. The molecule has 1 rings (SSSR count). The summed E-state index contributed by atoms with van der Waals surface area (Å²) in [5, 5.41) is 9.72. The lowest BCUT2D eigenvalue weighted by molar-refractivity contribution is 0.190. The molecule has 0 heterocycles. The van der Waals surface area contributed by atoms with E-state index in [9.17, 15) is 0 Å². The van der Waals surface area contributed by atoms with Crippen LogP contribution >= 0.6 is 11.8 Å². The second-order valence-corrected chi connectivity index (χ2v) is 5.41. The van der Waals surface area contributed by atoms with Gasteiger partial charge in [0.1, 0.15) is 0 Å². The maximum absolute atomic E-state index is 9.06. The highest BCUT2D eigenvalue weighted by molar-refractivity contribution is 8.01. The third-order valence-corrected chi connectivity index (χ3v) is 3.55. The van der Waals surface area contributed by atoms with Gasteiger partial charge in [-0.05, 0) is 18.1 Å². The van der Waals surface area contributed by atoms with E-state index in [2.05, 4.69) is 13.8 Å². The molecule has 10 heavy (non-hydrogen) atoms. The Labute approximate surface area is 67.2 Å². The fourth-order valence-corrected chi connectivity index (χ4v) is 2.98. The second kappa shape index (κ2) is 3.14. The van der Waals surface area contributed by atoms with Crippen LogP contribution in [0.5, 0.6) is 0 Å². The molecule has 0 aromatic rings. The minimum atomic E-state index is 0.258. The highest BCUT2D eigenvalue weighted by atomic mass is 32.2. The first-order chi connectivity index (χ1) is 4.68. The van der Waals surface area contributed by atoms with E-state index in [4.69, 9.17) is 5.11 Å². The average Bonchev–Trinajstić information content (AvgIpc) is 1.78. The summed E-state index contributed by atoms with van der Waals surface area (Å²) in [4.78, 5) is 0. The van der Waals surface area contributed by atoms with Crippen LogP contribution in [0.3, 0.4) is 0 Å². The van der Waals surface area contributed by atoms with Crippen LogP contribution in [-0.4, -0.2) is 21.7 Å². The van der Waals surface area contributed by atoms with Crippen LogP contribution in [0.4, 0.5) is 0 Å². The van der Waals surface area contributed by atoms with Gasteiger partial charge in [-0.3, -0.25) is 0 Å². The number of thioether (sulfide) groups is 1. The fourth-order valence-electron chi connectivity index (χ4n) is 1.38. The topological polar surface area (TPSA) is 20.2 Å². The molecule has 0 spiro atoms. The maximum Gasteiger partial charge on any atom is 0.0578 e. The largest absolute Gasteiger partial charge is 0.395 e. The van der Waals surface area contributed by atoms with E-state index in [-0.39, 0.29) is 4.75 Å². The Balaban J connectivity index is 2.33. The van der Waals surface area contributed by atoms with E-state index in [1.165, 1.54) is 19.3 Å². The maximum atomic E-state index is 9.06. The molecule has 0 amide bonds. The normalized spacial score (nSPS) is 22.8. The van der Waals surface area contributed by atoms with Crippen molar-refractivity contribution in [3.05, 3.63) is 0 Å². The molecule has 0 aliphatic heterocycles. The number of rotatable bonds is 3. The van der Waals surface area contributed by atoms with Crippen molar-refractivity contribution in [1.82, 2.24) is 0 Å². The molecule has 0 unspecified atom stereocenters. The number of hydrogen-bond donors (Lipinski definition) is 1. The lowest BCUT2D eigenvalue weighted by Gasteiger charge is -2.40. The molecular formula is C8H16OS. The zero-order valence-electron chi connectivity index (χ0n) is 6.76. The first-order valence-electron chi connectivity index (χ1n) is 3.97. The summed E-state index contributed by atoms with van der Waals surface area (Å²) in [6.07, 6.45) is 3.74. The summed E-state index contributed by atoms with van der Waals surface area (Å²) in [5.41, 5.74) is 0. The minimum Gasteiger partial charge on any atom is -0.395 e. The highest BCUT2D eigenvalue weighted by Gasteiger charge is 2.37. The monoisotopic (exact) mass is 160 g/mol. The van der Waals surface area contributed by atoms with Crippen molar-refractivity contribution in [1.29, 1.82) is 0 Å². The Morgan fingerprint density at radius 2 is 2.10 bits per heavy atom. The van der Waals surface area contributed by atoms with E-state index >= 15 is 0 Å². The zero-order chi connectivity index (χ0) is 7.61. The van der Waals surface area contributed by atoms with Gasteiger partial charge >= 0.3 is 0 Å². The van der Waals surface area contributed by atoms with E-state index < -0.39 is 0 Å². The van der Waals surface area contributed by atoms with Gasteiger partial charge < -0.3 is 5.11 Å². The number of aliphatic hydroxyl groups is 1. The molecule has 1 N–H and O–H groups in total. The summed E-state index contributed by atoms with van der Waals surface area (Å²) >= 11 is 1.94. The molecule has 1 aliphatic rings. The molecule has 0 aromatic carbocycles. The lowest BCUT2D eigenvalue weighted by Crippen LogP contribution is -2.38. The Morgan fingerprint density at radius 3 is 2.20 bits per heavy atom. The molecule has 0 saturated heterocycles. The van der Waals surface area contributed by atoms with Crippen LogP contribution in [0.2, 0.25) is 0 Å². The fraction of sp³-hybridized carbons (Fsp3) is 1.00. The summed E-state index contributed by atoms with van der Waals surface area (Å²) in [6, 6.07) is 0. The molecule has 0 aromatic heterocycles. The van der Waals surface area contributed by atoms with E-state index in [0.29, 0.717) is 11.9 Å². The van der Waals surface area contributed by atoms with Gasteiger partial charge in [-0.2, -0.15) is 0 Å². The minimum absolute atomic E-state index is 0.258. The van der Waals surface area contributed by atoms with Crippen molar-refractivity contribution >= 4 is 11.8 Å². The Hall–Kier alpha value is 0.310. The van der Waals surface area contributed by atoms with E-state index in [1.54, 1.807) is 0 Å². The third kappa shape index (κ3) is 1.67. The molecule has 0 bridgehead atoms. The summed E-state index contributed by atoms with van der Waals surface area (Å²) in [6.45, 7) is 4.76. The van der Waals surface area contributed by atoms with Crippen molar-refractivity contribution in [2.45, 2.75) is 43.1 Å². The van der Waals surface area contributed by atoms with Crippen molar-refractivity contribution in [2.24, 2.45) is 0 Å². The predicted octanol–water partition coefficient (Wildman–Crippen LogP) is 2.04. The van der Waals surface area contributed by atoms with Crippen LogP contribution in [0.1, 0.15) is 33.1 Å². The Kier molecular flexibility index (Phi) is 2.64. The molecule has 1 fully saturated rings. The van der Waals surface area contributed by atoms with Crippen LogP contribution in [0, 0.1) is 0 Å². The second-order valence-electron chi connectivity index (χ2n) is 3.36. The van der Waals surface area contributed by atoms with Gasteiger partial charge in [0.2, 0.25) is 0 Å². The quantitative estimate of drug-likeness (QED) is 0.682. The molecule has 0 atom stereocenters. The van der Waals surface area contributed by atoms with E-state index in [0.717, 1.165) is 0 Å². The third-order valence-electron chi connectivity index (χ3n) is 2.04. The van der Waals surface area contributed by atoms with Crippen molar-refractivity contribution in [3.8, 4) is 0 Å². The molecular weight excluding hydrogens is 144 g/mol. The van der Waals surface area contributed by atoms with E-state index in [1.807, 2.05) is 11.8 Å². The van der Waals surface area contributed by atoms with Gasteiger partial charge in [0, 0.05) is 4.75 Å². The standard InChI is InChI=1S/C8H16OS/c1-7(2)10-8(6-9)4-3-5-8/h7,9H,3-6H2,1-2H3. The molecule has 1 saturated carbocycles. The molecule has 2 heteroatoms. The Bertz CT molecular complexity index is 102. The average molecular weight is 160 g/mol. The van der Waals surface area contributed by atoms with Crippen molar-refractivity contribution in [2.75, 3.05) is 6.61 Å². The first-order valence-corrected chi connectivity index (χ1v) is 4.85. The van der Waals surface area contributed by atoms with Gasteiger partial charge in [0.05, 0.1) is 6.61 Å². The van der Waals surface area contributed by atoms with Crippen LogP contribution in [-0.2, 0) is 0 Å².